The van der Waals surface area contributed by atoms with Crippen molar-refractivity contribution < 1.29 is 9.90 Å². The lowest BCUT2D eigenvalue weighted by molar-refractivity contribution is -0.116. The van der Waals surface area contributed by atoms with Crippen molar-refractivity contribution in [3.63, 3.8) is 0 Å². The van der Waals surface area contributed by atoms with Crippen LogP contribution in [-0.2, 0) is 4.79 Å². The summed E-state index contributed by atoms with van der Waals surface area (Å²) in [6.07, 6.45) is 1.69. The molecule has 1 aromatic rings. The predicted molar refractivity (Wildman–Crippen MR) is 71.7 cm³/mol. The van der Waals surface area contributed by atoms with E-state index in [4.69, 9.17) is 5.84 Å². The Kier molecular flexibility index (Phi) is 6.35. The monoisotopic (exact) mass is 251 g/mol. The summed E-state index contributed by atoms with van der Waals surface area (Å²) in [6.45, 7) is 2.43. The maximum absolute atomic E-state index is 11.6. The first-order valence-corrected chi connectivity index (χ1v) is 6.15. The van der Waals surface area contributed by atoms with Gasteiger partial charge in [-0.3, -0.25) is 16.1 Å². The largest absolute Gasteiger partial charge is 0.389 e. The van der Waals surface area contributed by atoms with Crippen molar-refractivity contribution in [2.45, 2.75) is 32.3 Å². The number of amides is 1. The van der Waals surface area contributed by atoms with Crippen LogP contribution in [-0.4, -0.2) is 17.6 Å². The van der Waals surface area contributed by atoms with Gasteiger partial charge in [0.15, 0.2) is 0 Å². The highest BCUT2D eigenvalue weighted by molar-refractivity contribution is 5.90. The number of unbranched alkanes of at least 4 members (excludes halogenated alkanes) is 1. The Morgan fingerprint density at radius 2 is 2.00 bits per heavy atom. The molecular weight excluding hydrogens is 230 g/mol. The van der Waals surface area contributed by atoms with E-state index in [1.165, 1.54) is 0 Å². The lowest BCUT2D eigenvalue weighted by atomic mass is 10.1. The summed E-state index contributed by atoms with van der Waals surface area (Å²) in [5, 5.41) is 12.2. The summed E-state index contributed by atoms with van der Waals surface area (Å²) in [5.74, 6) is 5.13. The Morgan fingerprint density at radius 3 is 2.56 bits per heavy atom. The smallest absolute Gasteiger partial charge is 0.224 e. The van der Waals surface area contributed by atoms with Crippen molar-refractivity contribution in [3.05, 3.63) is 29.8 Å². The zero-order chi connectivity index (χ0) is 13.4. The maximum Gasteiger partial charge on any atom is 0.224 e. The first-order chi connectivity index (χ1) is 8.63. The molecule has 1 unspecified atom stereocenters. The second-order valence-corrected chi connectivity index (χ2v) is 4.26. The molecule has 0 aliphatic heterocycles. The van der Waals surface area contributed by atoms with E-state index in [1.54, 1.807) is 31.2 Å². The van der Waals surface area contributed by atoms with Gasteiger partial charge in [0.2, 0.25) is 5.91 Å². The minimum absolute atomic E-state index is 0.00295. The van der Waals surface area contributed by atoms with Gasteiger partial charge in [-0.05, 0) is 37.5 Å². The number of nitrogens with two attached hydrogens (primary N) is 1. The van der Waals surface area contributed by atoms with Gasteiger partial charge in [-0.15, -0.1) is 0 Å². The molecule has 1 amide bonds. The molecule has 1 rings (SSSR count). The van der Waals surface area contributed by atoms with Gasteiger partial charge in [0.1, 0.15) is 0 Å². The number of hydrogen-bond donors (Lipinski definition) is 4. The van der Waals surface area contributed by atoms with Crippen LogP contribution in [0.4, 0.5) is 5.69 Å². The van der Waals surface area contributed by atoms with Gasteiger partial charge < -0.3 is 10.4 Å². The highest BCUT2D eigenvalue weighted by Crippen LogP contribution is 2.15. The third-order valence-corrected chi connectivity index (χ3v) is 2.65. The first-order valence-electron chi connectivity index (χ1n) is 6.15. The number of anilines is 1. The summed E-state index contributed by atoms with van der Waals surface area (Å²) in [6, 6.07) is 7.19. The molecule has 0 aromatic heterocycles. The third kappa shape index (κ3) is 5.27. The number of nitrogens with one attached hydrogen (secondary N) is 2. The van der Waals surface area contributed by atoms with Gasteiger partial charge in [0.25, 0.3) is 0 Å². The van der Waals surface area contributed by atoms with Crippen LogP contribution in [0.5, 0.6) is 0 Å². The zero-order valence-corrected chi connectivity index (χ0v) is 10.6. The van der Waals surface area contributed by atoms with Crippen molar-refractivity contribution in [1.29, 1.82) is 0 Å². The fourth-order valence-electron chi connectivity index (χ4n) is 1.58. The molecule has 100 valence electrons. The van der Waals surface area contributed by atoms with Crippen LogP contribution < -0.4 is 16.6 Å². The highest BCUT2D eigenvalue weighted by atomic mass is 16.3. The van der Waals surface area contributed by atoms with E-state index in [-0.39, 0.29) is 5.91 Å². The number of rotatable bonds is 7. The molecule has 0 bridgehead atoms. The lowest BCUT2D eigenvalue weighted by Gasteiger charge is -2.08. The van der Waals surface area contributed by atoms with Crippen LogP contribution in [0.2, 0.25) is 0 Å². The maximum atomic E-state index is 11.6. The van der Waals surface area contributed by atoms with E-state index < -0.39 is 6.10 Å². The standard InChI is InChI=1S/C13H21N3O2/c1-10(17)11-5-7-12(8-6-11)16-13(18)4-2-3-9-15-14/h5-8,10,15,17H,2-4,9,14H2,1H3,(H,16,18). The van der Waals surface area contributed by atoms with Crippen molar-refractivity contribution in [2.75, 3.05) is 11.9 Å². The number of hydrazine groups is 1. The van der Waals surface area contributed by atoms with Crippen molar-refractivity contribution in [2.24, 2.45) is 5.84 Å². The average molecular weight is 251 g/mol. The molecule has 0 fully saturated rings. The number of carbonyl (C=O) groups excluding carboxylic acids is 1. The Hall–Kier alpha value is -1.43. The van der Waals surface area contributed by atoms with E-state index in [9.17, 15) is 9.90 Å². The van der Waals surface area contributed by atoms with Crippen LogP contribution >= 0.6 is 0 Å². The number of aliphatic hydroxyl groups excluding tert-OH is 1. The van der Waals surface area contributed by atoms with Crippen molar-refractivity contribution in [1.82, 2.24) is 5.43 Å². The molecule has 0 spiro atoms. The van der Waals surface area contributed by atoms with E-state index in [2.05, 4.69) is 10.7 Å². The number of benzene rings is 1. The van der Waals surface area contributed by atoms with Gasteiger partial charge >= 0.3 is 0 Å². The number of aliphatic hydroxyl groups is 1. The summed E-state index contributed by atoms with van der Waals surface area (Å²) in [4.78, 5) is 11.6. The fourth-order valence-corrected chi connectivity index (χ4v) is 1.58. The Balaban J connectivity index is 2.35. The van der Waals surface area contributed by atoms with E-state index in [0.29, 0.717) is 6.42 Å². The minimum Gasteiger partial charge on any atom is -0.389 e. The molecule has 0 aliphatic carbocycles. The number of carbonyl (C=O) groups is 1. The number of hydrogen-bond acceptors (Lipinski definition) is 4. The topological polar surface area (TPSA) is 87.4 Å². The molecule has 0 saturated carbocycles. The molecule has 5 nitrogen and oxygen atoms in total. The normalized spacial score (nSPS) is 12.2. The fraction of sp³-hybridized carbons (Fsp3) is 0.462. The molecule has 5 heteroatoms. The van der Waals surface area contributed by atoms with Crippen LogP contribution in [0.15, 0.2) is 24.3 Å². The Bertz CT molecular complexity index is 363. The van der Waals surface area contributed by atoms with Crippen molar-refractivity contribution in [3.8, 4) is 0 Å². The second-order valence-electron chi connectivity index (χ2n) is 4.26. The lowest BCUT2D eigenvalue weighted by Crippen LogP contribution is -2.23. The second kappa shape index (κ2) is 7.81. The summed E-state index contributed by atoms with van der Waals surface area (Å²) >= 11 is 0. The molecule has 0 aliphatic rings. The van der Waals surface area contributed by atoms with Gasteiger partial charge in [-0.2, -0.15) is 0 Å². The third-order valence-electron chi connectivity index (χ3n) is 2.65. The van der Waals surface area contributed by atoms with E-state index in [0.717, 1.165) is 30.6 Å². The minimum atomic E-state index is -0.487. The summed E-state index contributed by atoms with van der Waals surface area (Å²) in [7, 11) is 0. The van der Waals surface area contributed by atoms with Gasteiger partial charge in [0.05, 0.1) is 6.10 Å². The predicted octanol–water partition coefficient (Wildman–Crippen LogP) is 1.31. The molecule has 1 aromatic carbocycles. The van der Waals surface area contributed by atoms with Crippen LogP contribution in [0.25, 0.3) is 0 Å². The van der Waals surface area contributed by atoms with Gasteiger partial charge in [-0.25, -0.2) is 0 Å². The molecule has 5 N–H and O–H groups in total. The van der Waals surface area contributed by atoms with Crippen molar-refractivity contribution >= 4 is 11.6 Å². The molecular formula is C13H21N3O2. The Morgan fingerprint density at radius 1 is 1.33 bits per heavy atom. The van der Waals surface area contributed by atoms with Gasteiger partial charge in [0, 0.05) is 18.7 Å². The van der Waals surface area contributed by atoms with Crippen LogP contribution in [0.3, 0.4) is 0 Å². The average Bonchev–Trinajstić information content (AvgIpc) is 2.35. The van der Waals surface area contributed by atoms with Crippen LogP contribution in [0, 0.1) is 0 Å². The van der Waals surface area contributed by atoms with E-state index in [1.807, 2.05) is 0 Å². The molecule has 0 heterocycles. The first kappa shape index (κ1) is 14.6. The quantitative estimate of drug-likeness (QED) is 0.334. The molecule has 0 radical (unpaired) electrons. The van der Waals surface area contributed by atoms with Gasteiger partial charge in [-0.1, -0.05) is 12.1 Å². The SMILES string of the molecule is CC(O)c1ccc(NC(=O)CCCCNN)cc1. The van der Waals surface area contributed by atoms with Crippen LogP contribution in [0.1, 0.15) is 37.9 Å². The molecule has 0 saturated heterocycles. The molecule has 18 heavy (non-hydrogen) atoms. The van der Waals surface area contributed by atoms with E-state index >= 15 is 0 Å². The molecule has 1 atom stereocenters. The highest BCUT2D eigenvalue weighted by Gasteiger charge is 2.03. The summed E-state index contributed by atoms with van der Waals surface area (Å²) < 4.78 is 0. The summed E-state index contributed by atoms with van der Waals surface area (Å²) in [5.41, 5.74) is 4.14. The Labute approximate surface area is 107 Å². The zero-order valence-electron chi connectivity index (χ0n) is 10.6.